The monoisotopic (exact) mass is 478 g/mol. The van der Waals surface area contributed by atoms with Gasteiger partial charge in [-0.15, -0.1) is 12.4 Å². The summed E-state index contributed by atoms with van der Waals surface area (Å²) in [5, 5.41) is 14.3. The number of halogens is 1. The molecule has 10 heteroatoms. The van der Waals surface area contributed by atoms with E-state index in [9.17, 15) is 10.1 Å². The first kappa shape index (κ1) is 23.5. The van der Waals surface area contributed by atoms with E-state index in [2.05, 4.69) is 21.1 Å². The van der Waals surface area contributed by atoms with Crippen LogP contribution in [0.2, 0.25) is 0 Å². The summed E-state index contributed by atoms with van der Waals surface area (Å²) in [6.07, 6.45) is 7.01. The zero-order valence-electron chi connectivity index (χ0n) is 18.7. The minimum Gasteiger partial charge on any atom is -0.355 e. The minimum atomic E-state index is -0.160. The van der Waals surface area contributed by atoms with Crippen LogP contribution in [-0.4, -0.2) is 43.0 Å². The molecule has 3 aromatic heterocycles. The van der Waals surface area contributed by atoms with Crippen molar-refractivity contribution in [1.82, 2.24) is 23.9 Å². The van der Waals surface area contributed by atoms with Crippen molar-refractivity contribution in [3.63, 3.8) is 0 Å². The number of rotatable bonds is 6. The normalized spacial score (nSPS) is 15.8. The van der Waals surface area contributed by atoms with E-state index in [0.29, 0.717) is 42.8 Å². The van der Waals surface area contributed by atoms with Crippen LogP contribution in [-0.2, 0) is 19.6 Å². The van der Waals surface area contributed by atoms with Gasteiger partial charge in [0.15, 0.2) is 0 Å². The molecule has 1 aromatic carbocycles. The number of nitrogens with two attached hydrogens (primary N) is 1. The predicted molar refractivity (Wildman–Crippen MR) is 133 cm³/mol. The molecular formula is C24H27ClN8O. The van der Waals surface area contributed by atoms with Crippen molar-refractivity contribution in [2.24, 2.45) is 5.73 Å². The van der Waals surface area contributed by atoms with Gasteiger partial charge in [0.2, 0.25) is 0 Å². The largest absolute Gasteiger partial charge is 0.355 e. The number of benzene rings is 1. The summed E-state index contributed by atoms with van der Waals surface area (Å²) in [5.41, 5.74) is 8.49. The maximum atomic E-state index is 13.6. The van der Waals surface area contributed by atoms with Crippen LogP contribution in [0.1, 0.15) is 24.0 Å². The lowest BCUT2D eigenvalue weighted by Gasteiger charge is -2.33. The summed E-state index contributed by atoms with van der Waals surface area (Å²) in [6.45, 7) is 2.90. The van der Waals surface area contributed by atoms with E-state index in [0.717, 1.165) is 30.8 Å². The van der Waals surface area contributed by atoms with Crippen LogP contribution >= 0.6 is 12.4 Å². The number of nitrogens with zero attached hydrogens (tertiary/aromatic N) is 7. The molecule has 1 fully saturated rings. The van der Waals surface area contributed by atoms with E-state index in [1.165, 1.54) is 6.33 Å². The number of aryl methyl sites for hydroxylation is 2. The second-order valence-corrected chi connectivity index (χ2v) is 8.44. The summed E-state index contributed by atoms with van der Waals surface area (Å²) >= 11 is 0. The van der Waals surface area contributed by atoms with Crippen molar-refractivity contribution < 1.29 is 0 Å². The lowest BCUT2D eigenvalue weighted by molar-refractivity contribution is 0.498. The maximum absolute atomic E-state index is 13.6. The highest BCUT2D eigenvalue weighted by molar-refractivity contribution is 5.89. The van der Waals surface area contributed by atoms with Gasteiger partial charge in [-0.05, 0) is 24.5 Å². The van der Waals surface area contributed by atoms with Gasteiger partial charge >= 0.3 is 0 Å². The number of hydrogen-bond donors (Lipinski definition) is 1. The molecule has 0 bridgehead atoms. The lowest BCUT2D eigenvalue weighted by atomic mass is 10.1. The second kappa shape index (κ2) is 10.1. The highest BCUT2D eigenvalue weighted by Gasteiger charge is 2.28. The minimum absolute atomic E-state index is 0. The van der Waals surface area contributed by atoms with Gasteiger partial charge in [-0.3, -0.25) is 14.0 Å². The summed E-state index contributed by atoms with van der Waals surface area (Å²) < 4.78 is 5.33. The van der Waals surface area contributed by atoms with Crippen LogP contribution in [0.3, 0.4) is 0 Å². The zero-order valence-corrected chi connectivity index (χ0v) is 19.6. The van der Waals surface area contributed by atoms with Crippen LogP contribution in [0, 0.1) is 11.3 Å². The molecule has 4 aromatic rings. The van der Waals surface area contributed by atoms with Crippen molar-refractivity contribution in [1.29, 1.82) is 5.26 Å². The molecule has 0 aliphatic carbocycles. The molecule has 0 amide bonds. The van der Waals surface area contributed by atoms with E-state index >= 15 is 0 Å². The number of nitriles is 1. The standard InChI is InChI=1S/C24H26N8O.ClH/c25-14-20-21-22(24(33)30(17-27-21)12-13-31-11-5-9-28-31)32(15-18-6-2-1-3-7-18)23(20)29-10-4-8-19(26)16-29;/h1-3,5-7,9,11,17,19H,4,8,10,12-13,15-16,26H2;1H. The first-order valence-electron chi connectivity index (χ1n) is 11.2. The predicted octanol–water partition coefficient (Wildman–Crippen LogP) is 2.36. The molecule has 176 valence electrons. The van der Waals surface area contributed by atoms with Gasteiger partial charge < -0.3 is 15.2 Å². The average molecular weight is 479 g/mol. The van der Waals surface area contributed by atoms with Crippen molar-refractivity contribution in [2.75, 3.05) is 18.0 Å². The fourth-order valence-corrected chi connectivity index (χ4v) is 4.61. The molecule has 34 heavy (non-hydrogen) atoms. The van der Waals surface area contributed by atoms with Crippen LogP contribution in [0.5, 0.6) is 0 Å². The molecule has 9 nitrogen and oxygen atoms in total. The average Bonchev–Trinajstić information content (AvgIpc) is 3.45. The third-order valence-electron chi connectivity index (χ3n) is 6.18. The van der Waals surface area contributed by atoms with E-state index < -0.39 is 0 Å². The highest BCUT2D eigenvalue weighted by Crippen LogP contribution is 2.32. The van der Waals surface area contributed by atoms with Crippen LogP contribution in [0.15, 0.2) is 59.9 Å². The number of piperidine rings is 1. The Labute approximate surface area is 203 Å². The number of fused-ring (bicyclic) bond motifs is 1. The molecule has 0 spiro atoms. The first-order valence-corrected chi connectivity index (χ1v) is 11.2. The molecule has 1 atom stereocenters. The quantitative estimate of drug-likeness (QED) is 0.455. The molecular weight excluding hydrogens is 452 g/mol. The van der Waals surface area contributed by atoms with Gasteiger partial charge in [0.05, 0.1) is 12.9 Å². The maximum Gasteiger partial charge on any atom is 0.278 e. The Morgan fingerprint density at radius 1 is 1.18 bits per heavy atom. The van der Waals surface area contributed by atoms with Crippen LogP contribution in [0.25, 0.3) is 11.0 Å². The number of aromatic nitrogens is 5. The zero-order chi connectivity index (χ0) is 22.8. The van der Waals surface area contributed by atoms with Gasteiger partial charge in [0.1, 0.15) is 28.5 Å². The third kappa shape index (κ3) is 4.42. The Morgan fingerprint density at radius 3 is 2.71 bits per heavy atom. The fourth-order valence-electron chi connectivity index (χ4n) is 4.61. The van der Waals surface area contributed by atoms with Gasteiger partial charge in [0, 0.05) is 44.6 Å². The molecule has 1 unspecified atom stereocenters. The highest BCUT2D eigenvalue weighted by atomic mass is 35.5. The molecule has 4 heterocycles. The smallest absolute Gasteiger partial charge is 0.278 e. The van der Waals surface area contributed by atoms with Gasteiger partial charge in [-0.1, -0.05) is 30.3 Å². The van der Waals surface area contributed by atoms with Crippen LogP contribution in [0.4, 0.5) is 5.82 Å². The van der Waals surface area contributed by atoms with Gasteiger partial charge in [0.25, 0.3) is 5.56 Å². The molecule has 5 rings (SSSR count). The topological polar surface area (TPSA) is 111 Å². The molecule has 1 saturated heterocycles. The molecule has 0 radical (unpaired) electrons. The Kier molecular flexibility index (Phi) is 7.01. The fraction of sp³-hybridized carbons (Fsp3) is 0.333. The van der Waals surface area contributed by atoms with E-state index in [1.54, 1.807) is 15.4 Å². The van der Waals surface area contributed by atoms with E-state index in [4.69, 9.17) is 5.73 Å². The Balaban J connectivity index is 0.00000274. The number of anilines is 1. The molecule has 0 saturated carbocycles. The molecule has 2 N–H and O–H groups in total. The molecule has 1 aliphatic rings. The Hall–Kier alpha value is -3.61. The second-order valence-electron chi connectivity index (χ2n) is 8.44. The SMILES string of the molecule is Cl.N#Cc1c(N2CCCC(N)C2)n(Cc2ccccc2)c2c(=O)n(CCn3cccn3)cnc12. The Bertz CT molecular complexity index is 1350. The summed E-state index contributed by atoms with van der Waals surface area (Å²) in [7, 11) is 0. The van der Waals surface area contributed by atoms with E-state index in [-0.39, 0.29) is 24.0 Å². The molecule has 1 aliphatic heterocycles. The van der Waals surface area contributed by atoms with Crippen molar-refractivity contribution in [2.45, 2.75) is 38.5 Å². The summed E-state index contributed by atoms with van der Waals surface area (Å²) in [6, 6.07) is 14.2. The van der Waals surface area contributed by atoms with Gasteiger partial charge in [-0.2, -0.15) is 10.4 Å². The van der Waals surface area contributed by atoms with Crippen molar-refractivity contribution in [3.05, 3.63) is 76.6 Å². The van der Waals surface area contributed by atoms with Crippen LogP contribution < -0.4 is 16.2 Å². The van der Waals surface area contributed by atoms with Gasteiger partial charge in [-0.25, -0.2) is 4.98 Å². The van der Waals surface area contributed by atoms with Crippen molar-refractivity contribution in [3.8, 4) is 6.07 Å². The lowest BCUT2D eigenvalue weighted by Crippen LogP contribution is -2.44. The van der Waals surface area contributed by atoms with E-state index in [1.807, 2.05) is 47.2 Å². The Morgan fingerprint density at radius 2 is 2.00 bits per heavy atom. The summed E-state index contributed by atoms with van der Waals surface area (Å²) in [4.78, 5) is 20.4. The number of hydrogen-bond acceptors (Lipinski definition) is 6. The summed E-state index contributed by atoms with van der Waals surface area (Å²) in [5.74, 6) is 0.737. The third-order valence-corrected chi connectivity index (χ3v) is 6.18. The first-order chi connectivity index (χ1) is 16.2. The van der Waals surface area contributed by atoms with Crippen molar-refractivity contribution >= 4 is 29.3 Å².